The minimum atomic E-state index is 0.147. The van der Waals surface area contributed by atoms with Crippen LogP contribution < -0.4 is 4.74 Å². The highest BCUT2D eigenvalue weighted by Crippen LogP contribution is 2.23. The molecule has 1 aliphatic heterocycles. The van der Waals surface area contributed by atoms with Crippen LogP contribution in [0.5, 0.6) is 5.75 Å². The van der Waals surface area contributed by atoms with E-state index in [9.17, 15) is 4.79 Å². The minimum absolute atomic E-state index is 0.147. The van der Waals surface area contributed by atoms with Gasteiger partial charge in [0.15, 0.2) is 5.78 Å². The first kappa shape index (κ1) is 17.0. The third kappa shape index (κ3) is 4.58. The summed E-state index contributed by atoms with van der Waals surface area (Å²) in [6, 6.07) is 11.3. The molecule has 2 aromatic rings. The smallest absolute Gasteiger partial charge is 0.216 e. The number of hydrogen-bond donors (Lipinski definition) is 0. The first-order chi connectivity index (χ1) is 11.7. The van der Waals surface area contributed by atoms with Crippen molar-refractivity contribution in [3.63, 3.8) is 0 Å². The molecule has 0 aliphatic carbocycles. The van der Waals surface area contributed by atoms with Crippen molar-refractivity contribution in [2.75, 3.05) is 19.8 Å². The lowest BCUT2D eigenvalue weighted by atomic mass is 10.1. The van der Waals surface area contributed by atoms with E-state index >= 15 is 0 Å². The van der Waals surface area contributed by atoms with Crippen LogP contribution in [0.4, 0.5) is 0 Å². The predicted octanol–water partition coefficient (Wildman–Crippen LogP) is 4.61. The Kier molecular flexibility index (Phi) is 5.88. The van der Waals surface area contributed by atoms with E-state index in [-0.39, 0.29) is 5.78 Å². The highest BCUT2D eigenvalue weighted by molar-refractivity contribution is 7.18. The van der Waals surface area contributed by atoms with Crippen LogP contribution in [0.25, 0.3) is 0 Å². The Balaban J connectivity index is 1.36. The van der Waals surface area contributed by atoms with Gasteiger partial charge in [-0.2, -0.15) is 0 Å². The molecule has 2 heterocycles. The summed E-state index contributed by atoms with van der Waals surface area (Å²) in [5, 5.41) is 0. The van der Waals surface area contributed by atoms with Crippen molar-refractivity contribution in [1.82, 2.24) is 0 Å². The molecule has 1 aromatic carbocycles. The number of hydrogen-bond acceptors (Lipinski definition) is 5. The highest BCUT2D eigenvalue weighted by atomic mass is 35.5. The topological polar surface area (TPSA) is 47.9 Å². The summed E-state index contributed by atoms with van der Waals surface area (Å²) in [5.41, 5.74) is 0.972. The van der Waals surface area contributed by atoms with Gasteiger partial charge in [-0.3, -0.25) is 4.79 Å². The van der Waals surface area contributed by atoms with Gasteiger partial charge in [-0.15, -0.1) is 11.3 Å². The molecule has 0 unspecified atom stereocenters. The lowest BCUT2D eigenvalue weighted by molar-refractivity contribution is 0.0981. The maximum Gasteiger partial charge on any atom is 0.216 e. The van der Waals surface area contributed by atoms with Crippen molar-refractivity contribution in [2.45, 2.75) is 19.3 Å². The Morgan fingerprint density at radius 3 is 2.71 bits per heavy atom. The molecular formula is C18H18ClNO3S. The zero-order chi connectivity index (χ0) is 16.8. The van der Waals surface area contributed by atoms with E-state index in [1.807, 2.05) is 24.3 Å². The molecule has 0 spiro atoms. The van der Waals surface area contributed by atoms with Gasteiger partial charge in [0.05, 0.1) is 22.4 Å². The van der Waals surface area contributed by atoms with Crippen LogP contribution in [0.3, 0.4) is 0 Å². The summed E-state index contributed by atoms with van der Waals surface area (Å²) in [4.78, 5) is 17.0. The number of ether oxygens (including phenoxy) is 2. The van der Waals surface area contributed by atoms with E-state index in [0.29, 0.717) is 29.9 Å². The zero-order valence-electron chi connectivity index (χ0n) is 13.2. The van der Waals surface area contributed by atoms with Crippen LogP contribution in [0.2, 0.25) is 4.34 Å². The molecule has 24 heavy (non-hydrogen) atoms. The number of aliphatic imine (C=N–C) groups is 1. The van der Waals surface area contributed by atoms with Crippen LogP contribution in [-0.2, 0) is 4.74 Å². The summed E-state index contributed by atoms with van der Waals surface area (Å²) in [5.74, 6) is 1.66. The second-order valence-corrected chi connectivity index (χ2v) is 7.11. The Labute approximate surface area is 150 Å². The van der Waals surface area contributed by atoms with Crippen LogP contribution in [0.1, 0.15) is 34.5 Å². The number of halogens is 1. The molecule has 0 amide bonds. The normalized spacial score (nSPS) is 13.5. The number of nitrogens with zero attached hydrogens (tertiary/aromatic N) is 1. The largest absolute Gasteiger partial charge is 0.494 e. The number of unbranched alkanes of at least 4 members (excludes halogenated alkanes) is 1. The molecule has 0 N–H and O–H groups in total. The second kappa shape index (κ2) is 8.31. The summed E-state index contributed by atoms with van der Waals surface area (Å²) in [6.45, 7) is 1.98. The molecule has 6 heteroatoms. The van der Waals surface area contributed by atoms with Crippen molar-refractivity contribution < 1.29 is 14.3 Å². The van der Waals surface area contributed by atoms with E-state index in [1.54, 1.807) is 12.1 Å². The monoisotopic (exact) mass is 363 g/mol. The van der Waals surface area contributed by atoms with Gasteiger partial charge in [0.25, 0.3) is 0 Å². The lowest BCUT2D eigenvalue weighted by Gasteiger charge is -2.07. The van der Waals surface area contributed by atoms with E-state index < -0.39 is 0 Å². The van der Waals surface area contributed by atoms with Gasteiger partial charge in [-0.25, -0.2) is 4.99 Å². The Morgan fingerprint density at radius 2 is 2.04 bits per heavy atom. The fourth-order valence-electron chi connectivity index (χ4n) is 2.37. The molecule has 4 nitrogen and oxygen atoms in total. The summed E-state index contributed by atoms with van der Waals surface area (Å²) >= 11 is 7.17. The number of carbonyl (C=O) groups excluding carboxylic acids is 1. The van der Waals surface area contributed by atoms with Crippen LogP contribution in [0.15, 0.2) is 41.4 Å². The number of Topliss-reactive ketones (excluding diaryl/α,β-unsaturated/α-hetero) is 1. The maximum atomic E-state index is 11.9. The van der Waals surface area contributed by atoms with Gasteiger partial charge in [0.2, 0.25) is 5.90 Å². The second-order valence-electron chi connectivity index (χ2n) is 5.39. The minimum Gasteiger partial charge on any atom is -0.494 e. The Bertz CT molecular complexity index is 724. The summed E-state index contributed by atoms with van der Waals surface area (Å²) < 4.78 is 11.8. The van der Waals surface area contributed by atoms with Crippen molar-refractivity contribution in [1.29, 1.82) is 0 Å². The first-order valence-corrected chi connectivity index (χ1v) is 9.11. The molecule has 0 fully saturated rings. The third-order valence-corrected chi connectivity index (χ3v) is 4.87. The molecule has 1 aromatic heterocycles. The van der Waals surface area contributed by atoms with Gasteiger partial charge in [-0.05, 0) is 49.2 Å². The van der Waals surface area contributed by atoms with Crippen molar-refractivity contribution in [2.24, 2.45) is 4.99 Å². The molecule has 1 aliphatic rings. The first-order valence-electron chi connectivity index (χ1n) is 7.91. The molecule has 0 radical (unpaired) electrons. The summed E-state index contributed by atoms with van der Waals surface area (Å²) in [7, 11) is 0. The molecule has 3 rings (SSSR count). The van der Waals surface area contributed by atoms with Crippen LogP contribution >= 0.6 is 22.9 Å². The number of thiophene rings is 1. The fraction of sp³-hybridized carbons (Fsp3) is 0.333. The molecule has 0 saturated carbocycles. The van der Waals surface area contributed by atoms with E-state index in [1.165, 1.54) is 11.3 Å². The molecule has 0 bridgehead atoms. The van der Waals surface area contributed by atoms with Gasteiger partial charge in [0, 0.05) is 12.0 Å². The van der Waals surface area contributed by atoms with E-state index in [4.69, 9.17) is 21.1 Å². The van der Waals surface area contributed by atoms with Gasteiger partial charge >= 0.3 is 0 Å². The van der Waals surface area contributed by atoms with Gasteiger partial charge < -0.3 is 9.47 Å². The fourth-order valence-corrected chi connectivity index (χ4v) is 3.38. The standard InChI is InChI=1S/C18H18ClNO3S/c19-17-9-8-16(24-17)15(21)3-1-2-11-22-14-6-4-13(5-7-14)18-20-10-12-23-18/h4-9H,1-3,10-12H2. The van der Waals surface area contributed by atoms with E-state index in [2.05, 4.69) is 4.99 Å². The zero-order valence-corrected chi connectivity index (χ0v) is 14.7. The average molecular weight is 364 g/mol. The quantitative estimate of drug-likeness (QED) is 0.508. The Hall–Kier alpha value is -1.85. The van der Waals surface area contributed by atoms with Crippen LogP contribution in [0, 0.1) is 0 Å². The van der Waals surface area contributed by atoms with Gasteiger partial charge in [0.1, 0.15) is 12.4 Å². The number of carbonyl (C=O) groups is 1. The molecular weight excluding hydrogens is 346 g/mol. The highest BCUT2D eigenvalue weighted by Gasteiger charge is 2.10. The Morgan fingerprint density at radius 1 is 1.21 bits per heavy atom. The molecule has 126 valence electrons. The van der Waals surface area contributed by atoms with Crippen molar-refractivity contribution >= 4 is 34.6 Å². The average Bonchev–Trinajstić information content (AvgIpc) is 3.26. The van der Waals surface area contributed by atoms with Crippen molar-refractivity contribution in [3.8, 4) is 5.75 Å². The van der Waals surface area contributed by atoms with Crippen LogP contribution in [-0.4, -0.2) is 31.4 Å². The van der Waals surface area contributed by atoms with Gasteiger partial charge in [-0.1, -0.05) is 11.6 Å². The number of ketones is 1. The molecule has 0 atom stereocenters. The predicted molar refractivity (Wildman–Crippen MR) is 96.8 cm³/mol. The van der Waals surface area contributed by atoms with Crippen molar-refractivity contribution in [3.05, 3.63) is 51.2 Å². The lowest BCUT2D eigenvalue weighted by Crippen LogP contribution is -2.02. The molecule has 0 saturated heterocycles. The number of benzene rings is 1. The summed E-state index contributed by atoms with van der Waals surface area (Å²) in [6.07, 6.45) is 2.16. The van der Waals surface area contributed by atoms with E-state index in [0.717, 1.165) is 35.6 Å². The third-order valence-electron chi connectivity index (χ3n) is 3.60. The maximum absolute atomic E-state index is 11.9. The number of rotatable bonds is 8. The SMILES string of the molecule is O=C(CCCCOc1ccc(C2=NCCO2)cc1)c1ccc(Cl)s1.